The first-order valence-electron chi connectivity index (χ1n) is 7.23. The molecule has 0 spiro atoms. The van der Waals surface area contributed by atoms with Gasteiger partial charge in [-0.2, -0.15) is 11.8 Å². The molecule has 2 fully saturated rings. The SMILES string of the molecule is CCC1(C(=O)NCC2(C)CCCS2)CCNCC1. The Morgan fingerprint density at radius 2 is 2.06 bits per heavy atom. The van der Waals surface area contributed by atoms with Crippen molar-refractivity contribution in [3.05, 3.63) is 0 Å². The Balaban J connectivity index is 1.89. The molecule has 1 atom stereocenters. The van der Waals surface area contributed by atoms with Crippen LogP contribution in [0.2, 0.25) is 0 Å². The fraction of sp³-hybridized carbons (Fsp3) is 0.929. The normalized spacial score (nSPS) is 31.2. The largest absolute Gasteiger partial charge is 0.354 e. The van der Waals surface area contributed by atoms with Gasteiger partial charge in [0.25, 0.3) is 0 Å². The second-order valence-corrected chi connectivity index (χ2v) is 7.65. The van der Waals surface area contributed by atoms with Crippen LogP contribution >= 0.6 is 11.8 Å². The van der Waals surface area contributed by atoms with Gasteiger partial charge in [0.1, 0.15) is 0 Å². The van der Waals surface area contributed by atoms with Crippen molar-refractivity contribution < 1.29 is 4.79 Å². The van der Waals surface area contributed by atoms with E-state index in [1.54, 1.807) is 0 Å². The van der Waals surface area contributed by atoms with Gasteiger partial charge in [-0.15, -0.1) is 0 Å². The van der Waals surface area contributed by atoms with Gasteiger partial charge in [0.15, 0.2) is 0 Å². The Kier molecular flexibility index (Phi) is 4.59. The molecule has 104 valence electrons. The molecule has 2 N–H and O–H groups in total. The summed E-state index contributed by atoms with van der Waals surface area (Å²) in [4.78, 5) is 12.5. The van der Waals surface area contributed by atoms with E-state index in [4.69, 9.17) is 0 Å². The molecular weight excluding hydrogens is 244 g/mol. The molecule has 1 amide bonds. The van der Waals surface area contributed by atoms with Crippen molar-refractivity contribution in [1.29, 1.82) is 0 Å². The average Bonchev–Trinajstić information content (AvgIpc) is 2.84. The summed E-state index contributed by atoms with van der Waals surface area (Å²) in [7, 11) is 0. The van der Waals surface area contributed by atoms with Crippen molar-refractivity contribution in [2.75, 3.05) is 25.4 Å². The first-order valence-corrected chi connectivity index (χ1v) is 8.22. The summed E-state index contributed by atoms with van der Waals surface area (Å²) < 4.78 is 0.275. The summed E-state index contributed by atoms with van der Waals surface area (Å²) in [5, 5.41) is 6.59. The number of thioether (sulfide) groups is 1. The highest BCUT2D eigenvalue weighted by Crippen LogP contribution is 2.38. The maximum atomic E-state index is 12.5. The third-order valence-corrected chi connectivity index (χ3v) is 6.18. The van der Waals surface area contributed by atoms with Gasteiger partial charge in [-0.25, -0.2) is 0 Å². The zero-order valence-corrected chi connectivity index (χ0v) is 12.5. The maximum Gasteiger partial charge on any atom is 0.226 e. The second kappa shape index (κ2) is 5.83. The van der Waals surface area contributed by atoms with E-state index in [1.807, 2.05) is 11.8 Å². The number of nitrogens with one attached hydrogen (secondary N) is 2. The molecule has 18 heavy (non-hydrogen) atoms. The molecule has 2 saturated heterocycles. The number of piperidine rings is 1. The fourth-order valence-electron chi connectivity index (χ4n) is 3.08. The van der Waals surface area contributed by atoms with E-state index in [0.717, 1.165) is 38.9 Å². The minimum absolute atomic E-state index is 0.106. The lowest BCUT2D eigenvalue weighted by molar-refractivity contribution is -0.133. The Morgan fingerprint density at radius 3 is 2.61 bits per heavy atom. The summed E-state index contributed by atoms with van der Waals surface area (Å²) in [6.07, 6.45) is 5.46. The number of hydrogen-bond donors (Lipinski definition) is 2. The van der Waals surface area contributed by atoms with Crippen molar-refractivity contribution in [3.63, 3.8) is 0 Å². The van der Waals surface area contributed by atoms with E-state index in [9.17, 15) is 4.79 Å². The first kappa shape index (κ1) is 14.2. The molecule has 0 aromatic carbocycles. The number of rotatable bonds is 4. The number of carbonyl (C=O) groups excluding carboxylic acids is 1. The number of amides is 1. The lowest BCUT2D eigenvalue weighted by Gasteiger charge is -2.36. The Hall–Kier alpha value is -0.220. The van der Waals surface area contributed by atoms with Gasteiger partial charge in [0.05, 0.1) is 5.41 Å². The van der Waals surface area contributed by atoms with Crippen LogP contribution in [-0.4, -0.2) is 36.0 Å². The van der Waals surface area contributed by atoms with Crippen LogP contribution in [0.5, 0.6) is 0 Å². The predicted octanol–water partition coefficient (Wildman–Crippen LogP) is 2.17. The van der Waals surface area contributed by atoms with Crippen molar-refractivity contribution in [2.45, 2.75) is 50.7 Å². The van der Waals surface area contributed by atoms with Gasteiger partial charge >= 0.3 is 0 Å². The molecule has 2 heterocycles. The molecule has 2 rings (SSSR count). The Labute approximate surface area is 115 Å². The molecule has 2 aliphatic heterocycles. The molecule has 0 aromatic rings. The molecule has 0 saturated carbocycles. The second-order valence-electron chi connectivity index (χ2n) is 5.97. The molecule has 0 bridgehead atoms. The van der Waals surface area contributed by atoms with Crippen LogP contribution in [0.15, 0.2) is 0 Å². The lowest BCUT2D eigenvalue weighted by Crippen LogP contribution is -2.49. The molecule has 4 heteroatoms. The highest BCUT2D eigenvalue weighted by atomic mass is 32.2. The van der Waals surface area contributed by atoms with Crippen LogP contribution in [0.25, 0.3) is 0 Å². The maximum absolute atomic E-state index is 12.5. The average molecular weight is 270 g/mol. The van der Waals surface area contributed by atoms with E-state index in [-0.39, 0.29) is 10.2 Å². The van der Waals surface area contributed by atoms with Gasteiger partial charge in [0.2, 0.25) is 5.91 Å². The van der Waals surface area contributed by atoms with Gasteiger partial charge in [-0.05, 0) is 57.9 Å². The van der Waals surface area contributed by atoms with Crippen LogP contribution in [-0.2, 0) is 4.79 Å². The molecule has 0 aliphatic carbocycles. The third-order valence-electron chi connectivity index (χ3n) is 4.64. The van der Waals surface area contributed by atoms with E-state index in [2.05, 4.69) is 24.5 Å². The quantitative estimate of drug-likeness (QED) is 0.822. The van der Waals surface area contributed by atoms with Gasteiger partial charge in [-0.1, -0.05) is 6.92 Å². The van der Waals surface area contributed by atoms with E-state index >= 15 is 0 Å². The van der Waals surface area contributed by atoms with Crippen LogP contribution in [0.1, 0.15) is 46.0 Å². The molecule has 1 unspecified atom stereocenters. The summed E-state index contributed by atoms with van der Waals surface area (Å²) in [6.45, 7) is 7.23. The minimum atomic E-state index is -0.106. The molecule has 0 aromatic heterocycles. The Morgan fingerprint density at radius 1 is 1.33 bits per heavy atom. The fourth-order valence-corrected chi connectivity index (χ4v) is 4.32. The third kappa shape index (κ3) is 3.02. The summed E-state index contributed by atoms with van der Waals surface area (Å²) >= 11 is 2.01. The van der Waals surface area contributed by atoms with E-state index < -0.39 is 0 Å². The minimum Gasteiger partial charge on any atom is -0.354 e. The first-order chi connectivity index (χ1) is 8.60. The molecule has 0 radical (unpaired) electrons. The predicted molar refractivity (Wildman–Crippen MR) is 77.9 cm³/mol. The topological polar surface area (TPSA) is 41.1 Å². The highest BCUT2D eigenvalue weighted by molar-refractivity contribution is 8.00. The van der Waals surface area contributed by atoms with E-state index in [1.165, 1.54) is 18.6 Å². The van der Waals surface area contributed by atoms with Crippen LogP contribution in [0, 0.1) is 5.41 Å². The smallest absolute Gasteiger partial charge is 0.226 e. The lowest BCUT2D eigenvalue weighted by atomic mass is 9.76. The summed E-state index contributed by atoms with van der Waals surface area (Å²) in [6, 6.07) is 0. The van der Waals surface area contributed by atoms with Crippen molar-refractivity contribution in [2.24, 2.45) is 5.41 Å². The molecular formula is C14H26N2OS. The number of carbonyl (C=O) groups is 1. The van der Waals surface area contributed by atoms with E-state index in [0.29, 0.717) is 5.91 Å². The monoisotopic (exact) mass is 270 g/mol. The van der Waals surface area contributed by atoms with Crippen LogP contribution < -0.4 is 10.6 Å². The van der Waals surface area contributed by atoms with Crippen LogP contribution in [0.3, 0.4) is 0 Å². The highest BCUT2D eigenvalue weighted by Gasteiger charge is 2.39. The van der Waals surface area contributed by atoms with Crippen molar-refractivity contribution in [1.82, 2.24) is 10.6 Å². The van der Waals surface area contributed by atoms with Crippen LogP contribution in [0.4, 0.5) is 0 Å². The summed E-state index contributed by atoms with van der Waals surface area (Å²) in [5.41, 5.74) is -0.106. The zero-order chi connectivity index (χ0) is 13.1. The van der Waals surface area contributed by atoms with Gasteiger partial charge in [-0.3, -0.25) is 4.79 Å². The van der Waals surface area contributed by atoms with Crippen molar-refractivity contribution in [3.8, 4) is 0 Å². The zero-order valence-electron chi connectivity index (χ0n) is 11.7. The standard InChI is InChI=1S/C14H26N2OS/c1-3-14(6-8-15-9-7-14)12(17)16-11-13(2)5-4-10-18-13/h15H,3-11H2,1-2H3,(H,16,17). The molecule has 2 aliphatic rings. The summed E-state index contributed by atoms with van der Waals surface area (Å²) in [5.74, 6) is 1.54. The van der Waals surface area contributed by atoms with Crippen molar-refractivity contribution >= 4 is 17.7 Å². The Bertz CT molecular complexity index is 294. The molecule has 3 nitrogen and oxygen atoms in total. The number of hydrogen-bond acceptors (Lipinski definition) is 3. The van der Waals surface area contributed by atoms with Gasteiger partial charge < -0.3 is 10.6 Å². The van der Waals surface area contributed by atoms with Gasteiger partial charge in [0, 0.05) is 11.3 Å².